The van der Waals surface area contributed by atoms with Gasteiger partial charge >= 0.3 is 5.97 Å². The van der Waals surface area contributed by atoms with E-state index >= 15 is 0 Å². The second kappa shape index (κ2) is 41.6. The zero-order valence-electron chi connectivity index (χ0n) is 45.9. The number of aliphatic carboxylic acids is 1. The fraction of sp³-hybridized carbons (Fsp3) is 0.659. The van der Waals surface area contributed by atoms with Gasteiger partial charge < -0.3 is 125 Å². The van der Waals surface area contributed by atoms with Gasteiger partial charge in [0.25, 0.3) is 0 Å². The third-order valence-electron chi connectivity index (χ3n) is 11.5. The zero-order valence-corrected chi connectivity index (χ0v) is 45.9. The first kappa shape index (κ1) is 72.6. The van der Waals surface area contributed by atoms with Crippen LogP contribution >= 0.6 is 0 Å². The van der Waals surface area contributed by atoms with Crippen LogP contribution in [0.15, 0.2) is 0 Å². The molecular formula is C44H89N29O9. The third-order valence-corrected chi connectivity index (χ3v) is 11.5. The van der Waals surface area contributed by atoms with Crippen molar-refractivity contribution in [2.45, 2.75) is 132 Å². The molecule has 464 valence electrons. The number of rotatable bonds is 43. The number of carboxylic acid groups (broad SMARTS) is 1. The van der Waals surface area contributed by atoms with Gasteiger partial charge in [0.2, 0.25) is 41.4 Å². The molecule has 7 amide bonds. The number of hydrogen-bond donors (Lipinski definition) is 30. The summed E-state index contributed by atoms with van der Waals surface area (Å²) in [7, 11) is 0. The van der Waals surface area contributed by atoms with Gasteiger partial charge in [-0.2, -0.15) is 0 Å². The molecular weight excluding hydrogens is 1080 g/mol. The number of hydrogen-bond acceptors (Lipinski definition) is 16. The lowest BCUT2D eigenvalue weighted by Crippen LogP contribution is -2.60. The molecule has 0 spiro atoms. The van der Waals surface area contributed by atoms with Crippen molar-refractivity contribution in [2.24, 2.45) is 45.9 Å². The van der Waals surface area contributed by atoms with E-state index in [0.717, 1.165) is 0 Å². The Bertz CT molecular complexity index is 2170. The molecule has 38 heteroatoms. The number of carbonyl (C=O) groups is 8. The molecule has 0 aromatic heterocycles. The van der Waals surface area contributed by atoms with Crippen LogP contribution in [0.3, 0.4) is 0 Å². The summed E-state index contributed by atoms with van der Waals surface area (Å²) < 4.78 is 0. The average Bonchev–Trinajstić information content (AvgIpc) is 3.39. The van der Waals surface area contributed by atoms with Gasteiger partial charge in [-0.3, -0.25) is 71.4 Å². The summed E-state index contributed by atoms with van der Waals surface area (Å²) in [6.07, 6.45) is -0.0281. The summed E-state index contributed by atoms with van der Waals surface area (Å²) >= 11 is 0. The van der Waals surface area contributed by atoms with E-state index in [2.05, 4.69) is 74.4 Å². The molecule has 0 aliphatic rings. The number of nitrogens with two attached hydrogens (primary N) is 8. The van der Waals surface area contributed by atoms with Gasteiger partial charge in [-0.15, -0.1) is 0 Å². The van der Waals surface area contributed by atoms with Gasteiger partial charge in [-0.25, -0.2) is 4.79 Å². The molecule has 0 heterocycles. The van der Waals surface area contributed by atoms with Crippen LogP contribution in [-0.4, -0.2) is 189 Å². The largest absolute Gasteiger partial charge is 0.480 e. The van der Waals surface area contributed by atoms with Crippen LogP contribution in [0.4, 0.5) is 0 Å². The van der Waals surface area contributed by atoms with E-state index in [1.807, 2.05) is 0 Å². The van der Waals surface area contributed by atoms with Crippen LogP contribution < -0.4 is 120 Å². The van der Waals surface area contributed by atoms with E-state index in [1.165, 1.54) is 0 Å². The Hall–Kier alpha value is -9.39. The molecule has 0 aliphatic carbocycles. The lowest BCUT2D eigenvalue weighted by atomic mass is 10.0. The van der Waals surface area contributed by atoms with Gasteiger partial charge in [0.1, 0.15) is 42.3 Å². The van der Waals surface area contributed by atoms with Gasteiger partial charge in [0, 0.05) is 45.8 Å². The molecule has 0 unspecified atom stereocenters. The second-order valence-corrected chi connectivity index (χ2v) is 18.4. The van der Waals surface area contributed by atoms with Gasteiger partial charge in [-0.1, -0.05) is 0 Å². The number of carboxylic acids is 1. The van der Waals surface area contributed by atoms with Crippen molar-refractivity contribution >= 4 is 89.0 Å². The molecule has 82 heavy (non-hydrogen) atoms. The van der Waals surface area contributed by atoms with E-state index in [1.54, 1.807) is 0 Å². The first-order valence-electron chi connectivity index (χ1n) is 26.3. The highest BCUT2D eigenvalue weighted by molar-refractivity contribution is 5.97. The predicted octanol–water partition coefficient (Wildman–Crippen LogP) is -9.73. The Morgan fingerprint density at radius 3 is 0.610 bits per heavy atom. The zero-order chi connectivity index (χ0) is 62.2. The Morgan fingerprint density at radius 2 is 0.451 bits per heavy atom. The number of nitrogens with one attached hydrogen (secondary N) is 21. The summed E-state index contributed by atoms with van der Waals surface area (Å²) in [4.78, 5) is 110. The first-order chi connectivity index (χ1) is 38.7. The SMILES string of the molecule is N=C(N)NCCC[C@H](NC(=O)[C@H](CCCNC(=N)N)NC(=O)[C@H](CCCNC(=N)N)NC(=O)[C@H](CCCNC(=N)N)NC(=O)[C@H](CCCNC(=N)N)NC(=O)[C@H](CCCNC(=N)N)NC(=O)[C@H](CCCNC(=N)N)NC(=O)CN)C(=O)O. The van der Waals surface area contributed by atoms with Crippen molar-refractivity contribution < 1.29 is 43.5 Å². The maximum Gasteiger partial charge on any atom is 0.326 e. The first-order valence-corrected chi connectivity index (χ1v) is 26.3. The van der Waals surface area contributed by atoms with Crippen molar-refractivity contribution in [1.29, 1.82) is 37.9 Å². The average molecular weight is 1170 g/mol. The lowest BCUT2D eigenvalue weighted by Gasteiger charge is -2.28. The van der Waals surface area contributed by atoms with Crippen LogP contribution in [0.25, 0.3) is 0 Å². The molecule has 0 radical (unpaired) electrons. The molecule has 38 nitrogen and oxygen atoms in total. The third kappa shape index (κ3) is 35.9. The van der Waals surface area contributed by atoms with Gasteiger partial charge in [0.05, 0.1) is 6.54 Å². The minimum atomic E-state index is -1.51. The van der Waals surface area contributed by atoms with Crippen LogP contribution in [-0.2, 0) is 38.4 Å². The molecule has 0 aromatic carbocycles. The summed E-state index contributed by atoms with van der Waals surface area (Å²) in [5, 5.41) is 98.4. The highest BCUT2D eigenvalue weighted by Gasteiger charge is 2.34. The minimum Gasteiger partial charge on any atom is -0.480 e. The van der Waals surface area contributed by atoms with E-state index < -0.39 is 114 Å². The van der Waals surface area contributed by atoms with Crippen molar-refractivity contribution in [3.8, 4) is 0 Å². The topological polar surface area (TPSA) is 700 Å². The number of amides is 7. The summed E-state index contributed by atoms with van der Waals surface area (Å²) in [5.41, 5.74) is 43.5. The van der Waals surface area contributed by atoms with Crippen molar-refractivity contribution in [3.63, 3.8) is 0 Å². The molecule has 0 rings (SSSR count). The maximum atomic E-state index is 14.5. The molecule has 7 atom stereocenters. The Kier molecular flexibility index (Phi) is 36.9. The fourth-order valence-electron chi connectivity index (χ4n) is 7.46. The van der Waals surface area contributed by atoms with Crippen molar-refractivity contribution in [1.82, 2.24) is 74.4 Å². The summed E-state index contributed by atoms with van der Waals surface area (Å²) in [6.45, 7) is -0.00810. The maximum absolute atomic E-state index is 14.5. The quantitative estimate of drug-likeness (QED) is 0.0153. The molecule has 0 aromatic rings. The Morgan fingerprint density at radius 1 is 0.293 bits per heavy atom. The molecule has 0 saturated heterocycles. The second-order valence-electron chi connectivity index (χ2n) is 18.4. The highest BCUT2D eigenvalue weighted by Crippen LogP contribution is 2.10. The van der Waals surface area contributed by atoms with E-state index in [-0.39, 0.29) is 160 Å². The monoisotopic (exact) mass is 1170 g/mol. The number of guanidine groups is 7. The van der Waals surface area contributed by atoms with Crippen LogP contribution in [0.1, 0.15) is 89.9 Å². The fourth-order valence-corrected chi connectivity index (χ4v) is 7.46. The highest BCUT2D eigenvalue weighted by atomic mass is 16.4. The summed E-state index contributed by atoms with van der Waals surface area (Å²) in [5.74, 6) is -10.2. The molecule has 38 N–H and O–H groups in total. The molecule has 0 aliphatic heterocycles. The van der Waals surface area contributed by atoms with E-state index in [9.17, 15) is 43.5 Å². The molecule has 0 bridgehead atoms. The van der Waals surface area contributed by atoms with Crippen LogP contribution in [0.2, 0.25) is 0 Å². The van der Waals surface area contributed by atoms with Crippen molar-refractivity contribution in [2.75, 3.05) is 52.4 Å². The molecule has 0 saturated carbocycles. The minimum absolute atomic E-state index is 0.00156. The number of carbonyl (C=O) groups excluding carboxylic acids is 7. The summed E-state index contributed by atoms with van der Waals surface area (Å²) in [6, 6.07) is -10.0. The smallest absolute Gasteiger partial charge is 0.326 e. The van der Waals surface area contributed by atoms with Gasteiger partial charge in [0.15, 0.2) is 41.7 Å². The Balaban J connectivity index is 7.26. The van der Waals surface area contributed by atoms with Crippen LogP contribution in [0.5, 0.6) is 0 Å². The predicted molar refractivity (Wildman–Crippen MR) is 304 cm³/mol. The van der Waals surface area contributed by atoms with E-state index in [4.69, 9.17) is 83.7 Å². The lowest BCUT2D eigenvalue weighted by molar-refractivity contribution is -0.142. The van der Waals surface area contributed by atoms with Crippen LogP contribution in [0, 0.1) is 37.9 Å². The van der Waals surface area contributed by atoms with E-state index in [0.29, 0.717) is 0 Å². The van der Waals surface area contributed by atoms with Crippen molar-refractivity contribution in [3.05, 3.63) is 0 Å². The normalized spacial score (nSPS) is 13.1. The molecule has 0 fully saturated rings. The van der Waals surface area contributed by atoms with Gasteiger partial charge in [-0.05, 0) is 89.9 Å². The standard InChI is InChI=1S/C44H89N29O9/c45-22-30(74)67-23(8-1-15-60-38(46)47)31(75)68-24(9-2-16-61-39(48)49)32(76)69-25(10-3-17-62-40(50)51)33(77)70-26(11-4-18-63-41(52)53)34(78)71-27(12-5-19-64-42(54)55)35(79)72-28(13-6-20-65-43(56)57)36(80)73-29(37(81)82)14-7-21-66-44(58)59/h23-29H,1-22,45H2,(H,67,74)(H,68,75)(H,69,76)(H,70,77)(H,71,78)(H,72,79)(H,73,80)(H,81,82)(H4,46,47,60)(H4,48,49,61)(H4,50,51,62)(H4,52,53,63)(H4,54,55,64)(H4,56,57,65)(H4,58,59,66)/t23-,24-,25-,26-,27-,28-,29-/m0/s1. The Labute approximate surface area is 474 Å².